The Morgan fingerprint density at radius 2 is 2.06 bits per heavy atom. The van der Waals surface area contributed by atoms with Crippen molar-refractivity contribution in [1.29, 1.82) is 0 Å². The fraction of sp³-hybridized carbons (Fsp3) is 0.833. The van der Waals surface area contributed by atoms with Gasteiger partial charge < -0.3 is 16.2 Å². The Morgan fingerprint density at radius 1 is 1.41 bits per heavy atom. The van der Waals surface area contributed by atoms with Gasteiger partial charge >= 0.3 is 5.97 Å². The van der Waals surface area contributed by atoms with Crippen LogP contribution in [0.1, 0.15) is 39.5 Å². The highest BCUT2D eigenvalue weighted by molar-refractivity contribution is 5.85. The van der Waals surface area contributed by atoms with Crippen LogP contribution in [-0.2, 0) is 9.59 Å². The molecule has 1 saturated carbocycles. The third kappa shape index (κ3) is 4.34. The average molecular weight is 242 g/mol. The van der Waals surface area contributed by atoms with Crippen LogP contribution < -0.4 is 11.1 Å². The molecule has 4 N–H and O–H groups in total. The lowest BCUT2D eigenvalue weighted by atomic mass is 10.0. The van der Waals surface area contributed by atoms with Gasteiger partial charge in [0.2, 0.25) is 5.91 Å². The molecule has 0 aromatic rings. The highest BCUT2D eigenvalue weighted by atomic mass is 16.4. The zero-order chi connectivity index (χ0) is 13.0. The molecule has 0 heterocycles. The number of carboxylic acids is 1. The molecule has 0 saturated heterocycles. The molecule has 0 aliphatic heterocycles. The summed E-state index contributed by atoms with van der Waals surface area (Å²) in [6.45, 7) is 3.88. The van der Waals surface area contributed by atoms with Crippen molar-refractivity contribution in [2.45, 2.75) is 51.6 Å². The lowest BCUT2D eigenvalue weighted by molar-refractivity contribution is -0.142. The summed E-state index contributed by atoms with van der Waals surface area (Å²) >= 11 is 0. The summed E-state index contributed by atoms with van der Waals surface area (Å²) < 4.78 is 0. The van der Waals surface area contributed by atoms with Crippen LogP contribution in [0.15, 0.2) is 0 Å². The Labute approximate surface area is 102 Å². The minimum atomic E-state index is -0.964. The first-order chi connectivity index (χ1) is 7.90. The van der Waals surface area contributed by atoms with Gasteiger partial charge in [-0.25, -0.2) is 4.79 Å². The van der Waals surface area contributed by atoms with Crippen molar-refractivity contribution < 1.29 is 14.7 Å². The predicted octanol–water partition coefficient (Wildman–Crippen LogP) is 0.729. The maximum atomic E-state index is 11.9. The number of nitrogens with one attached hydrogen (secondary N) is 1. The Bertz CT molecular complexity index is 291. The molecule has 0 radical (unpaired) electrons. The Kier molecular flexibility index (Phi) is 4.93. The van der Waals surface area contributed by atoms with Crippen LogP contribution in [0.5, 0.6) is 0 Å². The standard InChI is InChI=1S/C12H22N2O3/c1-7(2)5-10(12(16)17)14-11(15)8-3-4-9(13)6-8/h7-10H,3-6,13H2,1-2H3,(H,14,15)(H,16,17)/t8?,9?,10-/m1/s1. The van der Waals surface area contributed by atoms with Crippen LogP contribution in [0.3, 0.4) is 0 Å². The second kappa shape index (κ2) is 6.00. The maximum absolute atomic E-state index is 11.9. The number of hydrogen-bond donors (Lipinski definition) is 3. The van der Waals surface area contributed by atoms with E-state index in [4.69, 9.17) is 10.8 Å². The second-order valence-electron chi connectivity index (χ2n) is 5.30. The predicted molar refractivity (Wildman–Crippen MR) is 64.3 cm³/mol. The molecule has 5 nitrogen and oxygen atoms in total. The topological polar surface area (TPSA) is 92.4 Å². The monoisotopic (exact) mass is 242 g/mol. The van der Waals surface area contributed by atoms with Crippen LogP contribution >= 0.6 is 0 Å². The van der Waals surface area contributed by atoms with Crippen molar-refractivity contribution in [3.05, 3.63) is 0 Å². The van der Waals surface area contributed by atoms with E-state index in [0.717, 1.165) is 12.8 Å². The number of carbonyl (C=O) groups is 2. The quantitative estimate of drug-likeness (QED) is 0.662. The number of amides is 1. The molecule has 1 aliphatic carbocycles. The van der Waals surface area contributed by atoms with Gasteiger partial charge in [0.05, 0.1) is 0 Å². The molecule has 2 unspecified atom stereocenters. The van der Waals surface area contributed by atoms with Crippen molar-refractivity contribution >= 4 is 11.9 Å². The van der Waals surface area contributed by atoms with E-state index in [1.54, 1.807) is 0 Å². The van der Waals surface area contributed by atoms with Gasteiger partial charge in [-0.3, -0.25) is 4.79 Å². The molecule has 3 atom stereocenters. The summed E-state index contributed by atoms with van der Waals surface area (Å²) in [6.07, 6.45) is 2.74. The molecule has 0 aromatic carbocycles. The van der Waals surface area contributed by atoms with E-state index in [0.29, 0.717) is 12.8 Å². The van der Waals surface area contributed by atoms with E-state index in [2.05, 4.69) is 5.32 Å². The van der Waals surface area contributed by atoms with Crippen LogP contribution in [0, 0.1) is 11.8 Å². The molecule has 17 heavy (non-hydrogen) atoms. The molecule has 1 aliphatic rings. The minimum Gasteiger partial charge on any atom is -0.480 e. The molecule has 1 amide bonds. The first-order valence-corrected chi connectivity index (χ1v) is 6.19. The normalized spacial score (nSPS) is 25.9. The summed E-state index contributed by atoms with van der Waals surface area (Å²) in [5.74, 6) is -0.999. The summed E-state index contributed by atoms with van der Waals surface area (Å²) in [5, 5.41) is 11.6. The fourth-order valence-electron chi connectivity index (χ4n) is 2.24. The zero-order valence-electron chi connectivity index (χ0n) is 10.5. The van der Waals surface area contributed by atoms with E-state index < -0.39 is 12.0 Å². The molecule has 0 aromatic heterocycles. The van der Waals surface area contributed by atoms with Crippen LogP contribution in [-0.4, -0.2) is 29.1 Å². The lowest BCUT2D eigenvalue weighted by Crippen LogP contribution is -2.44. The molecule has 98 valence electrons. The van der Waals surface area contributed by atoms with Crippen molar-refractivity contribution in [2.75, 3.05) is 0 Å². The van der Waals surface area contributed by atoms with Gasteiger partial charge in [0.1, 0.15) is 6.04 Å². The molecule has 1 fully saturated rings. The average Bonchev–Trinajstić information content (AvgIpc) is 2.63. The van der Waals surface area contributed by atoms with Gasteiger partial charge in [-0.2, -0.15) is 0 Å². The first kappa shape index (κ1) is 14.0. The highest BCUT2D eigenvalue weighted by Gasteiger charge is 2.30. The first-order valence-electron chi connectivity index (χ1n) is 6.19. The number of carbonyl (C=O) groups excluding carboxylic acids is 1. The van der Waals surface area contributed by atoms with Crippen LogP contribution in [0.25, 0.3) is 0 Å². The van der Waals surface area contributed by atoms with E-state index in [1.807, 2.05) is 13.8 Å². The maximum Gasteiger partial charge on any atom is 0.326 e. The van der Waals surface area contributed by atoms with E-state index in [-0.39, 0.29) is 23.8 Å². The summed E-state index contributed by atoms with van der Waals surface area (Å²) in [4.78, 5) is 22.9. The third-order valence-electron chi connectivity index (χ3n) is 3.17. The zero-order valence-corrected chi connectivity index (χ0v) is 10.5. The van der Waals surface area contributed by atoms with Gasteiger partial charge in [0, 0.05) is 12.0 Å². The number of carboxylic acid groups (broad SMARTS) is 1. The van der Waals surface area contributed by atoms with Crippen LogP contribution in [0.4, 0.5) is 0 Å². The smallest absolute Gasteiger partial charge is 0.326 e. The van der Waals surface area contributed by atoms with Gasteiger partial charge in [0.25, 0.3) is 0 Å². The van der Waals surface area contributed by atoms with E-state index in [1.165, 1.54) is 0 Å². The summed E-state index contributed by atoms with van der Waals surface area (Å²) in [7, 11) is 0. The Balaban J connectivity index is 2.49. The van der Waals surface area contributed by atoms with Gasteiger partial charge in [-0.1, -0.05) is 13.8 Å². The SMILES string of the molecule is CC(C)C[C@@H](NC(=O)C1CCC(N)C1)C(=O)O. The van der Waals surface area contributed by atoms with Gasteiger partial charge in [0.15, 0.2) is 0 Å². The van der Waals surface area contributed by atoms with E-state index >= 15 is 0 Å². The van der Waals surface area contributed by atoms with Crippen LogP contribution in [0.2, 0.25) is 0 Å². The Hall–Kier alpha value is -1.10. The summed E-state index contributed by atoms with van der Waals surface area (Å²) in [6, 6.07) is -0.696. The molecule has 5 heteroatoms. The van der Waals surface area contributed by atoms with E-state index in [9.17, 15) is 9.59 Å². The molecule has 0 bridgehead atoms. The van der Waals surface area contributed by atoms with Crippen molar-refractivity contribution in [1.82, 2.24) is 5.32 Å². The minimum absolute atomic E-state index is 0.0825. The number of aliphatic carboxylic acids is 1. The molecular weight excluding hydrogens is 220 g/mol. The van der Waals surface area contributed by atoms with Crippen molar-refractivity contribution in [3.8, 4) is 0 Å². The number of nitrogens with two attached hydrogens (primary N) is 1. The van der Waals surface area contributed by atoms with Crippen molar-refractivity contribution in [2.24, 2.45) is 17.6 Å². The second-order valence-corrected chi connectivity index (χ2v) is 5.30. The van der Waals surface area contributed by atoms with Crippen molar-refractivity contribution in [3.63, 3.8) is 0 Å². The molecule has 1 rings (SSSR count). The summed E-state index contributed by atoms with van der Waals surface area (Å²) in [5.41, 5.74) is 5.74. The molecular formula is C12H22N2O3. The lowest BCUT2D eigenvalue weighted by Gasteiger charge is -2.18. The Morgan fingerprint density at radius 3 is 2.47 bits per heavy atom. The van der Waals surface area contributed by atoms with Gasteiger partial charge in [-0.05, 0) is 31.6 Å². The largest absolute Gasteiger partial charge is 0.480 e. The van der Waals surface area contributed by atoms with Gasteiger partial charge in [-0.15, -0.1) is 0 Å². The fourth-order valence-corrected chi connectivity index (χ4v) is 2.24. The number of rotatable bonds is 5. The highest BCUT2D eigenvalue weighted by Crippen LogP contribution is 2.24. The molecule has 0 spiro atoms. The number of hydrogen-bond acceptors (Lipinski definition) is 3. The third-order valence-corrected chi connectivity index (χ3v) is 3.17.